The van der Waals surface area contributed by atoms with Crippen molar-refractivity contribution >= 4 is 5.97 Å². The fraction of sp³-hybridized carbons (Fsp3) is 0.917. The van der Waals surface area contributed by atoms with E-state index in [9.17, 15) is 4.79 Å². The highest BCUT2D eigenvalue weighted by atomic mass is 16.6. The Kier molecular flexibility index (Phi) is 6.42. The number of hydrogen-bond donors (Lipinski definition) is 1. The molecule has 0 radical (unpaired) electrons. The number of hydrogen-bond acceptors (Lipinski definition) is 4. The Balaban J connectivity index is 2.01. The Bertz CT molecular complexity index is 200. The van der Waals surface area contributed by atoms with Crippen molar-refractivity contribution < 1.29 is 14.3 Å². The molecule has 4 heteroatoms. The Hall–Kier alpha value is -0.610. The normalized spacial score (nSPS) is 21.1. The van der Waals surface area contributed by atoms with E-state index in [4.69, 9.17) is 9.47 Å². The Morgan fingerprint density at radius 2 is 2.19 bits per heavy atom. The first-order valence-corrected chi connectivity index (χ1v) is 6.18. The van der Waals surface area contributed by atoms with Crippen molar-refractivity contribution in [1.29, 1.82) is 0 Å². The highest BCUT2D eigenvalue weighted by Crippen LogP contribution is 2.08. The molecule has 1 heterocycles. The van der Waals surface area contributed by atoms with E-state index in [0.717, 1.165) is 32.4 Å². The van der Waals surface area contributed by atoms with Gasteiger partial charge in [-0.2, -0.15) is 0 Å². The Morgan fingerprint density at radius 1 is 1.38 bits per heavy atom. The van der Waals surface area contributed by atoms with Gasteiger partial charge in [-0.15, -0.1) is 0 Å². The topological polar surface area (TPSA) is 47.6 Å². The summed E-state index contributed by atoms with van der Waals surface area (Å²) < 4.78 is 10.5. The minimum absolute atomic E-state index is 0.0983. The first-order valence-electron chi connectivity index (χ1n) is 6.18. The number of carbonyl (C=O) groups is 1. The lowest BCUT2D eigenvalue weighted by Crippen LogP contribution is -2.41. The molecule has 1 atom stereocenters. The highest BCUT2D eigenvalue weighted by molar-refractivity contribution is 5.75. The summed E-state index contributed by atoms with van der Waals surface area (Å²) in [5.74, 6) is 0.392. The summed E-state index contributed by atoms with van der Waals surface area (Å²) in [6.07, 6.45) is 3.16. The Morgan fingerprint density at radius 3 is 2.81 bits per heavy atom. The molecule has 0 unspecified atom stereocenters. The summed E-state index contributed by atoms with van der Waals surface area (Å²) in [5.41, 5.74) is 0. The van der Waals surface area contributed by atoms with Crippen molar-refractivity contribution in [2.24, 2.45) is 5.92 Å². The number of nitrogens with one attached hydrogen (secondary N) is 1. The van der Waals surface area contributed by atoms with Crippen LogP contribution in [0.1, 0.15) is 33.1 Å². The minimum Gasteiger partial charge on any atom is -0.462 e. The van der Waals surface area contributed by atoms with Crippen LogP contribution >= 0.6 is 0 Å². The molecule has 0 aromatic carbocycles. The summed E-state index contributed by atoms with van der Waals surface area (Å²) in [7, 11) is 0. The average molecular weight is 229 g/mol. The van der Waals surface area contributed by atoms with Gasteiger partial charge < -0.3 is 14.8 Å². The molecule has 1 fully saturated rings. The number of piperidine rings is 1. The van der Waals surface area contributed by atoms with E-state index in [1.54, 1.807) is 0 Å². The van der Waals surface area contributed by atoms with E-state index in [1.807, 2.05) is 0 Å². The van der Waals surface area contributed by atoms with Crippen molar-refractivity contribution in [3.63, 3.8) is 0 Å². The van der Waals surface area contributed by atoms with E-state index < -0.39 is 0 Å². The van der Waals surface area contributed by atoms with E-state index >= 15 is 0 Å². The smallest absolute Gasteiger partial charge is 0.323 e. The van der Waals surface area contributed by atoms with Gasteiger partial charge in [0.25, 0.3) is 0 Å². The molecule has 94 valence electrons. The van der Waals surface area contributed by atoms with Crippen LogP contribution in [-0.2, 0) is 14.3 Å². The molecule has 1 N–H and O–H groups in total. The van der Waals surface area contributed by atoms with Gasteiger partial charge in [-0.25, -0.2) is 0 Å². The van der Waals surface area contributed by atoms with Gasteiger partial charge in [0, 0.05) is 6.61 Å². The van der Waals surface area contributed by atoms with Crippen molar-refractivity contribution in [3.05, 3.63) is 0 Å². The van der Waals surface area contributed by atoms with Crippen LogP contribution < -0.4 is 5.32 Å². The van der Waals surface area contributed by atoms with Crippen LogP contribution in [0.2, 0.25) is 0 Å². The standard InChI is InChI=1S/C12H23NO3/c1-10(2)9-15-7-8-16-12(14)11-5-3-4-6-13-11/h10-11,13H,3-9H2,1-2H3/t11-/m1/s1. The molecule has 0 spiro atoms. The monoisotopic (exact) mass is 229 g/mol. The highest BCUT2D eigenvalue weighted by Gasteiger charge is 2.21. The zero-order chi connectivity index (χ0) is 11.8. The quantitative estimate of drug-likeness (QED) is 0.551. The summed E-state index contributed by atoms with van der Waals surface area (Å²) in [5, 5.41) is 3.16. The zero-order valence-corrected chi connectivity index (χ0v) is 10.3. The van der Waals surface area contributed by atoms with Crippen molar-refractivity contribution in [2.75, 3.05) is 26.4 Å². The third-order valence-electron chi connectivity index (χ3n) is 2.52. The predicted molar refractivity (Wildman–Crippen MR) is 62.3 cm³/mol. The molecule has 1 rings (SSSR count). The first-order chi connectivity index (χ1) is 7.70. The molecule has 1 aliphatic heterocycles. The van der Waals surface area contributed by atoms with E-state index in [1.165, 1.54) is 0 Å². The maximum Gasteiger partial charge on any atom is 0.323 e. The van der Waals surface area contributed by atoms with Gasteiger partial charge in [0.1, 0.15) is 12.6 Å². The zero-order valence-electron chi connectivity index (χ0n) is 10.3. The lowest BCUT2D eigenvalue weighted by Gasteiger charge is -2.21. The van der Waals surface area contributed by atoms with E-state index in [2.05, 4.69) is 19.2 Å². The predicted octanol–water partition coefficient (Wildman–Crippen LogP) is 1.34. The molecule has 0 bridgehead atoms. The minimum atomic E-state index is -0.132. The van der Waals surface area contributed by atoms with Crippen molar-refractivity contribution in [2.45, 2.75) is 39.2 Å². The molecule has 0 saturated carbocycles. The second-order valence-corrected chi connectivity index (χ2v) is 4.64. The molecular weight excluding hydrogens is 206 g/mol. The Labute approximate surface area is 97.7 Å². The molecule has 0 aliphatic carbocycles. The number of rotatable bonds is 6. The summed E-state index contributed by atoms with van der Waals surface area (Å²) in [4.78, 5) is 11.6. The van der Waals surface area contributed by atoms with Gasteiger partial charge >= 0.3 is 5.97 Å². The third-order valence-corrected chi connectivity index (χ3v) is 2.52. The first kappa shape index (κ1) is 13.5. The second-order valence-electron chi connectivity index (χ2n) is 4.64. The molecule has 0 aromatic rings. The van der Waals surface area contributed by atoms with Crippen LogP contribution in [0.4, 0.5) is 0 Å². The number of carbonyl (C=O) groups excluding carboxylic acids is 1. The SMILES string of the molecule is CC(C)COCCOC(=O)[C@H]1CCCCN1. The van der Waals surface area contributed by atoms with Crippen molar-refractivity contribution in [3.8, 4) is 0 Å². The number of esters is 1. The molecule has 4 nitrogen and oxygen atoms in total. The van der Waals surface area contributed by atoms with Crippen LogP contribution in [0.5, 0.6) is 0 Å². The maximum atomic E-state index is 11.6. The van der Waals surface area contributed by atoms with Crippen molar-refractivity contribution in [1.82, 2.24) is 5.32 Å². The van der Waals surface area contributed by atoms with Crippen LogP contribution in [0.15, 0.2) is 0 Å². The second kappa shape index (κ2) is 7.63. The van der Waals surface area contributed by atoms with Gasteiger partial charge in [0.2, 0.25) is 0 Å². The molecule has 0 amide bonds. The molecule has 16 heavy (non-hydrogen) atoms. The fourth-order valence-corrected chi connectivity index (χ4v) is 1.67. The lowest BCUT2D eigenvalue weighted by atomic mass is 10.1. The van der Waals surface area contributed by atoms with Gasteiger partial charge in [-0.1, -0.05) is 20.3 Å². The van der Waals surface area contributed by atoms with Gasteiger partial charge in [-0.3, -0.25) is 4.79 Å². The van der Waals surface area contributed by atoms with Gasteiger partial charge in [-0.05, 0) is 25.3 Å². The molecule has 0 aromatic heterocycles. The molecular formula is C12H23NO3. The van der Waals surface area contributed by atoms with Gasteiger partial charge in [0.15, 0.2) is 0 Å². The fourth-order valence-electron chi connectivity index (χ4n) is 1.67. The van der Waals surface area contributed by atoms with Crippen LogP contribution in [0.3, 0.4) is 0 Å². The van der Waals surface area contributed by atoms with E-state index in [0.29, 0.717) is 19.1 Å². The summed E-state index contributed by atoms with van der Waals surface area (Å²) in [6, 6.07) is -0.0983. The van der Waals surface area contributed by atoms with Crippen LogP contribution in [0, 0.1) is 5.92 Å². The summed E-state index contributed by atoms with van der Waals surface area (Å²) >= 11 is 0. The largest absolute Gasteiger partial charge is 0.462 e. The van der Waals surface area contributed by atoms with Gasteiger partial charge in [0.05, 0.1) is 6.61 Å². The van der Waals surface area contributed by atoms with Crippen LogP contribution in [0.25, 0.3) is 0 Å². The van der Waals surface area contributed by atoms with E-state index in [-0.39, 0.29) is 12.0 Å². The summed E-state index contributed by atoms with van der Waals surface area (Å²) in [6.45, 7) is 6.69. The lowest BCUT2D eigenvalue weighted by molar-refractivity contribution is -0.148. The average Bonchev–Trinajstić information content (AvgIpc) is 2.29. The molecule has 1 aliphatic rings. The van der Waals surface area contributed by atoms with Crippen LogP contribution in [-0.4, -0.2) is 38.4 Å². The maximum absolute atomic E-state index is 11.6. The third kappa shape index (κ3) is 5.47. The number of ether oxygens (including phenoxy) is 2. The molecule has 1 saturated heterocycles.